The van der Waals surface area contributed by atoms with Crippen LogP contribution in [0.4, 0.5) is 0 Å². The SMILES string of the molecule is Cn1cccc1C(Cc1ccc(Cl)cc1Cl)n1ccnc1. The number of halogens is 2. The molecular weight excluding hydrogens is 305 g/mol. The molecule has 3 rings (SSSR count). The molecule has 0 fully saturated rings. The van der Waals surface area contributed by atoms with Gasteiger partial charge >= 0.3 is 0 Å². The van der Waals surface area contributed by atoms with E-state index in [9.17, 15) is 0 Å². The lowest BCUT2D eigenvalue weighted by Gasteiger charge is -2.20. The molecule has 0 radical (unpaired) electrons. The first kappa shape index (κ1) is 14.2. The molecule has 0 N–H and O–H groups in total. The molecule has 5 heteroatoms. The van der Waals surface area contributed by atoms with E-state index in [2.05, 4.69) is 20.2 Å². The normalized spacial score (nSPS) is 12.5. The topological polar surface area (TPSA) is 22.8 Å². The third kappa shape index (κ3) is 2.99. The van der Waals surface area contributed by atoms with Crippen molar-refractivity contribution in [3.05, 3.63) is 76.6 Å². The van der Waals surface area contributed by atoms with Gasteiger partial charge < -0.3 is 9.13 Å². The average molecular weight is 320 g/mol. The zero-order chi connectivity index (χ0) is 14.8. The van der Waals surface area contributed by atoms with Gasteiger partial charge in [0.1, 0.15) is 0 Å². The molecule has 0 aliphatic carbocycles. The highest BCUT2D eigenvalue weighted by Gasteiger charge is 2.18. The van der Waals surface area contributed by atoms with Crippen LogP contribution in [0.5, 0.6) is 0 Å². The van der Waals surface area contributed by atoms with E-state index in [0.717, 1.165) is 12.0 Å². The predicted molar refractivity (Wildman–Crippen MR) is 85.9 cm³/mol. The average Bonchev–Trinajstić information content (AvgIpc) is 3.10. The number of aryl methyl sites for hydroxylation is 1. The van der Waals surface area contributed by atoms with Crippen LogP contribution < -0.4 is 0 Å². The fourth-order valence-electron chi connectivity index (χ4n) is 2.53. The Labute approximate surface area is 133 Å². The van der Waals surface area contributed by atoms with Crippen LogP contribution in [0, 0.1) is 0 Å². The molecule has 1 atom stereocenters. The molecule has 2 aromatic heterocycles. The van der Waals surface area contributed by atoms with Crippen LogP contribution in [0.1, 0.15) is 17.3 Å². The van der Waals surface area contributed by atoms with Gasteiger partial charge in [-0.1, -0.05) is 29.3 Å². The maximum atomic E-state index is 6.32. The number of benzene rings is 1. The monoisotopic (exact) mass is 319 g/mol. The zero-order valence-electron chi connectivity index (χ0n) is 11.6. The number of nitrogens with zero attached hydrogens (tertiary/aromatic N) is 3. The summed E-state index contributed by atoms with van der Waals surface area (Å²) in [5.74, 6) is 0. The Morgan fingerprint density at radius 2 is 2.05 bits per heavy atom. The van der Waals surface area contributed by atoms with Crippen LogP contribution in [0.3, 0.4) is 0 Å². The van der Waals surface area contributed by atoms with E-state index >= 15 is 0 Å². The van der Waals surface area contributed by atoms with Crippen molar-refractivity contribution >= 4 is 23.2 Å². The zero-order valence-corrected chi connectivity index (χ0v) is 13.1. The summed E-state index contributed by atoms with van der Waals surface area (Å²) in [6, 6.07) is 9.95. The molecule has 0 spiro atoms. The summed E-state index contributed by atoms with van der Waals surface area (Å²) < 4.78 is 4.22. The van der Waals surface area contributed by atoms with Crippen LogP contribution in [-0.2, 0) is 13.5 Å². The summed E-state index contributed by atoms with van der Waals surface area (Å²) >= 11 is 12.3. The highest BCUT2D eigenvalue weighted by atomic mass is 35.5. The molecule has 0 amide bonds. The maximum absolute atomic E-state index is 6.32. The van der Waals surface area contributed by atoms with Crippen LogP contribution in [0.2, 0.25) is 10.0 Å². The fourth-order valence-corrected chi connectivity index (χ4v) is 3.02. The van der Waals surface area contributed by atoms with Crippen molar-refractivity contribution < 1.29 is 0 Å². The van der Waals surface area contributed by atoms with Gasteiger partial charge in [0.05, 0.1) is 12.4 Å². The lowest BCUT2D eigenvalue weighted by Crippen LogP contribution is -2.15. The Morgan fingerprint density at radius 1 is 1.19 bits per heavy atom. The van der Waals surface area contributed by atoms with Gasteiger partial charge in [-0.25, -0.2) is 4.98 Å². The number of hydrogen-bond donors (Lipinski definition) is 0. The minimum atomic E-state index is 0.145. The van der Waals surface area contributed by atoms with Gasteiger partial charge in [0.25, 0.3) is 0 Å². The van der Waals surface area contributed by atoms with Crippen molar-refractivity contribution in [3.8, 4) is 0 Å². The minimum Gasteiger partial charge on any atom is -0.353 e. The van der Waals surface area contributed by atoms with Gasteiger partial charge in [-0.2, -0.15) is 0 Å². The third-order valence-electron chi connectivity index (χ3n) is 3.64. The first-order chi connectivity index (χ1) is 10.1. The van der Waals surface area contributed by atoms with E-state index in [-0.39, 0.29) is 6.04 Å². The van der Waals surface area contributed by atoms with Crippen LogP contribution in [-0.4, -0.2) is 14.1 Å². The smallest absolute Gasteiger partial charge is 0.0952 e. The Morgan fingerprint density at radius 3 is 2.67 bits per heavy atom. The highest BCUT2D eigenvalue weighted by molar-refractivity contribution is 6.35. The summed E-state index contributed by atoms with van der Waals surface area (Å²) in [5, 5.41) is 1.35. The van der Waals surface area contributed by atoms with E-state index in [1.54, 1.807) is 12.3 Å². The molecule has 0 saturated heterocycles. The fraction of sp³-hybridized carbons (Fsp3) is 0.188. The Balaban J connectivity index is 1.99. The second-order valence-electron chi connectivity index (χ2n) is 5.01. The minimum absolute atomic E-state index is 0.145. The summed E-state index contributed by atoms with van der Waals surface area (Å²) in [4.78, 5) is 4.16. The lowest BCUT2D eigenvalue weighted by molar-refractivity contribution is 0.546. The molecule has 21 heavy (non-hydrogen) atoms. The van der Waals surface area contributed by atoms with E-state index in [4.69, 9.17) is 23.2 Å². The number of imidazole rings is 1. The predicted octanol–water partition coefficient (Wildman–Crippen LogP) is 4.36. The molecule has 108 valence electrons. The number of rotatable bonds is 4. The molecule has 1 aromatic carbocycles. The van der Waals surface area contributed by atoms with Gasteiger partial charge in [0.15, 0.2) is 0 Å². The Bertz CT molecular complexity index is 732. The van der Waals surface area contributed by atoms with E-state index in [1.165, 1.54) is 5.69 Å². The maximum Gasteiger partial charge on any atom is 0.0952 e. The van der Waals surface area contributed by atoms with Crippen molar-refractivity contribution in [2.45, 2.75) is 12.5 Å². The van der Waals surface area contributed by atoms with Crippen molar-refractivity contribution in [1.82, 2.24) is 14.1 Å². The van der Waals surface area contributed by atoms with Gasteiger partial charge in [0.2, 0.25) is 0 Å². The molecule has 1 unspecified atom stereocenters. The molecule has 3 aromatic rings. The molecule has 0 saturated carbocycles. The van der Waals surface area contributed by atoms with E-state index in [0.29, 0.717) is 10.0 Å². The van der Waals surface area contributed by atoms with Crippen molar-refractivity contribution in [1.29, 1.82) is 0 Å². The molecule has 2 heterocycles. The number of aromatic nitrogens is 3. The van der Waals surface area contributed by atoms with Crippen molar-refractivity contribution in [2.24, 2.45) is 7.05 Å². The Kier molecular flexibility index (Phi) is 4.04. The Hall–Kier alpha value is -1.71. The summed E-state index contributed by atoms with van der Waals surface area (Å²) in [6.07, 6.45) is 8.43. The second kappa shape index (κ2) is 5.96. The van der Waals surface area contributed by atoms with Crippen LogP contribution in [0.25, 0.3) is 0 Å². The third-order valence-corrected chi connectivity index (χ3v) is 4.23. The van der Waals surface area contributed by atoms with E-state index < -0.39 is 0 Å². The van der Waals surface area contributed by atoms with Crippen LogP contribution >= 0.6 is 23.2 Å². The highest BCUT2D eigenvalue weighted by Crippen LogP contribution is 2.28. The molecular formula is C16H15Cl2N3. The molecule has 0 bridgehead atoms. The quantitative estimate of drug-likeness (QED) is 0.700. The van der Waals surface area contributed by atoms with Crippen molar-refractivity contribution in [3.63, 3.8) is 0 Å². The summed E-state index contributed by atoms with van der Waals surface area (Å²) in [5.41, 5.74) is 2.28. The van der Waals surface area contributed by atoms with E-state index in [1.807, 2.05) is 44.0 Å². The lowest BCUT2D eigenvalue weighted by atomic mass is 10.0. The first-order valence-corrected chi connectivity index (χ1v) is 7.43. The van der Waals surface area contributed by atoms with Gasteiger partial charge in [-0.3, -0.25) is 0 Å². The largest absolute Gasteiger partial charge is 0.353 e. The van der Waals surface area contributed by atoms with Crippen molar-refractivity contribution in [2.75, 3.05) is 0 Å². The van der Waals surface area contributed by atoms with Gasteiger partial charge in [0, 0.05) is 47.8 Å². The molecule has 0 aliphatic heterocycles. The summed E-state index contributed by atoms with van der Waals surface area (Å²) in [7, 11) is 2.04. The van der Waals surface area contributed by atoms with Crippen LogP contribution in [0.15, 0.2) is 55.2 Å². The summed E-state index contributed by atoms with van der Waals surface area (Å²) in [6.45, 7) is 0. The van der Waals surface area contributed by atoms with Gasteiger partial charge in [-0.05, 0) is 29.8 Å². The first-order valence-electron chi connectivity index (χ1n) is 6.68. The number of hydrogen-bond acceptors (Lipinski definition) is 1. The standard InChI is InChI=1S/C16H15Cl2N3/c1-20-7-2-3-15(20)16(21-8-6-19-11-21)9-12-4-5-13(17)10-14(12)18/h2-8,10-11,16H,9H2,1H3. The molecule has 0 aliphatic rings. The van der Waals surface area contributed by atoms with Gasteiger partial charge in [-0.15, -0.1) is 0 Å². The second-order valence-corrected chi connectivity index (χ2v) is 5.85. The molecule has 3 nitrogen and oxygen atoms in total.